The standard InChI is InChI=1S/C16H19N3O3/c1-2-9-18(11-8-16(21)22)15(20)7-6-13-12-17-14-5-3-4-10-19(13)14/h3-7,10,12H,2,8-9,11H2,1H3,(H,21,22)/b7-6+. The van der Waals surface area contributed by atoms with Crippen LogP contribution in [0.1, 0.15) is 25.5 Å². The van der Waals surface area contributed by atoms with Crippen molar-refractivity contribution in [2.75, 3.05) is 13.1 Å². The van der Waals surface area contributed by atoms with E-state index in [0.29, 0.717) is 6.54 Å². The molecule has 0 aliphatic carbocycles. The van der Waals surface area contributed by atoms with Crippen LogP contribution in [0.3, 0.4) is 0 Å². The van der Waals surface area contributed by atoms with Crippen LogP contribution < -0.4 is 0 Å². The third kappa shape index (κ3) is 3.94. The number of amides is 1. The number of rotatable bonds is 7. The first-order valence-electron chi connectivity index (χ1n) is 7.22. The number of fused-ring (bicyclic) bond motifs is 1. The van der Waals surface area contributed by atoms with Gasteiger partial charge in [-0.1, -0.05) is 13.0 Å². The fourth-order valence-corrected chi connectivity index (χ4v) is 2.17. The van der Waals surface area contributed by atoms with Crippen LogP contribution in [-0.2, 0) is 9.59 Å². The highest BCUT2D eigenvalue weighted by molar-refractivity contribution is 5.91. The zero-order chi connectivity index (χ0) is 15.9. The number of carboxylic acids is 1. The molecule has 2 aromatic heterocycles. The molecule has 0 atom stereocenters. The van der Waals surface area contributed by atoms with Crippen molar-refractivity contribution < 1.29 is 14.7 Å². The first kappa shape index (κ1) is 15.8. The number of carbonyl (C=O) groups is 2. The number of pyridine rings is 1. The van der Waals surface area contributed by atoms with Crippen molar-refractivity contribution in [3.8, 4) is 0 Å². The molecule has 2 heterocycles. The Morgan fingerprint density at radius 1 is 1.36 bits per heavy atom. The zero-order valence-electron chi connectivity index (χ0n) is 12.5. The normalized spacial score (nSPS) is 11.1. The van der Waals surface area contributed by atoms with E-state index in [-0.39, 0.29) is 18.9 Å². The van der Waals surface area contributed by atoms with E-state index in [2.05, 4.69) is 4.98 Å². The third-order valence-corrected chi connectivity index (χ3v) is 3.24. The van der Waals surface area contributed by atoms with E-state index < -0.39 is 5.97 Å². The highest BCUT2D eigenvalue weighted by atomic mass is 16.4. The van der Waals surface area contributed by atoms with Crippen molar-refractivity contribution in [2.24, 2.45) is 0 Å². The SMILES string of the molecule is CCCN(CCC(=O)O)C(=O)/C=C/c1cnc2ccccn12. The van der Waals surface area contributed by atoms with Crippen LogP contribution in [-0.4, -0.2) is 44.4 Å². The Bertz CT molecular complexity index is 691. The minimum absolute atomic E-state index is 0.0464. The maximum Gasteiger partial charge on any atom is 0.305 e. The largest absolute Gasteiger partial charge is 0.481 e. The summed E-state index contributed by atoms with van der Waals surface area (Å²) in [5.74, 6) is -1.09. The number of hydrogen-bond donors (Lipinski definition) is 1. The molecular formula is C16H19N3O3. The van der Waals surface area contributed by atoms with Crippen molar-refractivity contribution in [1.82, 2.24) is 14.3 Å². The molecule has 0 unspecified atom stereocenters. The average Bonchev–Trinajstić information content (AvgIpc) is 2.92. The van der Waals surface area contributed by atoms with Crippen molar-refractivity contribution in [1.29, 1.82) is 0 Å². The van der Waals surface area contributed by atoms with Crippen LogP contribution >= 0.6 is 0 Å². The van der Waals surface area contributed by atoms with Gasteiger partial charge >= 0.3 is 5.97 Å². The number of carbonyl (C=O) groups excluding carboxylic acids is 1. The van der Waals surface area contributed by atoms with Gasteiger partial charge in [0.15, 0.2) is 0 Å². The molecular weight excluding hydrogens is 282 g/mol. The Morgan fingerprint density at radius 3 is 2.91 bits per heavy atom. The number of imidazole rings is 1. The lowest BCUT2D eigenvalue weighted by molar-refractivity contribution is -0.138. The Hall–Kier alpha value is -2.63. The number of nitrogens with zero attached hydrogens (tertiary/aromatic N) is 3. The molecule has 0 saturated carbocycles. The number of aliphatic carboxylic acids is 1. The molecule has 1 N–H and O–H groups in total. The second-order valence-corrected chi connectivity index (χ2v) is 4.91. The van der Waals surface area contributed by atoms with Crippen molar-refractivity contribution in [3.63, 3.8) is 0 Å². The minimum atomic E-state index is -0.903. The first-order valence-corrected chi connectivity index (χ1v) is 7.22. The van der Waals surface area contributed by atoms with Crippen molar-refractivity contribution in [2.45, 2.75) is 19.8 Å². The Kier molecular flexibility index (Phi) is 5.30. The lowest BCUT2D eigenvalue weighted by atomic mass is 10.3. The first-order chi connectivity index (χ1) is 10.6. The van der Waals surface area contributed by atoms with Gasteiger partial charge in [-0.25, -0.2) is 4.98 Å². The molecule has 0 radical (unpaired) electrons. The van der Waals surface area contributed by atoms with E-state index in [0.717, 1.165) is 17.8 Å². The Morgan fingerprint density at radius 2 is 2.18 bits per heavy atom. The molecule has 6 nitrogen and oxygen atoms in total. The predicted octanol–water partition coefficient (Wildman–Crippen LogP) is 2.06. The fraction of sp³-hybridized carbons (Fsp3) is 0.312. The van der Waals surface area contributed by atoms with E-state index in [1.165, 1.54) is 6.08 Å². The molecule has 22 heavy (non-hydrogen) atoms. The molecule has 0 aliphatic rings. The number of hydrogen-bond acceptors (Lipinski definition) is 3. The Labute approximate surface area is 128 Å². The number of carboxylic acid groups (broad SMARTS) is 1. The molecule has 116 valence electrons. The van der Waals surface area contributed by atoms with Crippen LogP contribution in [0.5, 0.6) is 0 Å². The molecule has 0 bridgehead atoms. The van der Waals surface area contributed by atoms with Crippen LogP contribution in [0.15, 0.2) is 36.7 Å². The van der Waals surface area contributed by atoms with E-state index in [9.17, 15) is 9.59 Å². The highest BCUT2D eigenvalue weighted by Crippen LogP contribution is 2.08. The van der Waals surface area contributed by atoms with Gasteiger partial charge in [-0.3, -0.25) is 9.59 Å². The van der Waals surface area contributed by atoms with Crippen LogP contribution in [0, 0.1) is 0 Å². The van der Waals surface area contributed by atoms with Gasteiger partial charge in [0.25, 0.3) is 0 Å². The van der Waals surface area contributed by atoms with Gasteiger partial charge in [-0.05, 0) is 24.6 Å². The highest BCUT2D eigenvalue weighted by Gasteiger charge is 2.11. The van der Waals surface area contributed by atoms with E-state index >= 15 is 0 Å². The lowest BCUT2D eigenvalue weighted by Crippen LogP contribution is -2.32. The summed E-state index contributed by atoms with van der Waals surface area (Å²) in [6, 6.07) is 5.68. The predicted molar refractivity (Wildman–Crippen MR) is 83.3 cm³/mol. The molecule has 2 rings (SSSR count). The topological polar surface area (TPSA) is 74.9 Å². The second-order valence-electron chi connectivity index (χ2n) is 4.91. The van der Waals surface area contributed by atoms with Gasteiger partial charge < -0.3 is 14.4 Å². The summed E-state index contributed by atoms with van der Waals surface area (Å²) in [7, 11) is 0. The average molecular weight is 301 g/mol. The summed E-state index contributed by atoms with van der Waals surface area (Å²) in [4.78, 5) is 28.6. The molecule has 2 aromatic rings. The van der Waals surface area contributed by atoms with Gasteiger partial charge in [0.1, 0.15) is 5.65 Å². The molecule has 0 saturated heterocycles. The van der Waals surface area contributed by atoms with Gasteiger partial charge in [0.2, 0.25) is 5.91 Å². The molecule has 0 aromatic carbocycles. The van der Waals surface area contributed by atoms with Gasteiger partial charge in [-0.15, -0.1) is 0 Å². The second kappa shape index (κ2) is 7.40. The summed E-state index contributed by atoms with van der Waals surface area (Å²) >= 11 is 0. The lowest BCUT2D eigenvalue weighted by Gasteiger charge is -2.19. The summed E-state index contributed by atoms with van der Waals surface area (Å²) in [5.41, 5.74) is 1.62. The smallest absolute Gasteiger partial charge is 0.305 e. The summed E-state index contributed by atoms with van der Waals surface area (Å²) in [6.45, 7) is 2.72. The number of aromatic nitrogens is 2. The van der Waals surface area contributed by atoms with Crippen LogP contribution in [0.25, 0.3) is 11.7 Å². The van der Waals surface area contributed by atoms with Crippen LogP contribution in [0.2, 0.25) is 0 Å². The zero-order valence-corrected chi connectivity index (χ0v) is 12.5. The summed E-state index contributed by atoms with van der Waals surface area (Å²) in [6.07, 6.45) is 7.48. The van der Waals surface area contributed by atoms with E-state index in [1.54, 1.807) is 17.2 Å². The van der Waals surface area contributed by atoms with E-state index in [1.807, 2.05) is 35.7 Å². The molecule has 0 spiro atoms. The van der Waals surface area contributed by atoms with Crippen molar-refractivity contribution >= 4 is 23.6 Å². The quantitative estimate of drug-likeness (QED) is 0.794. The fourth-order valence-electron chi connectivity index (χ4n) is 2.17. The summed E-state index contributed by atoms with van der Waals surface area (Å²) < 4.78 is 1.88. The van der Waals surface area contributed by atoms with Gasteiger partial charge in [0.05, 0.1) is 18.3 Å². The minimum Gasteiger partial charge on any atom is -0.481 e. The monoisotopic (exact) mass is 301 g/mol. The maximum absolute atomic E-state index is 12.2. The molecule has 0 fully saturated rings. The molecule has 6 heteroatoms. The van der Waals surface area contributed by atoms with Gasteiger partial charge in [-0.2, -0.15) is 0 Å². The van der Waals surface area contributed by atoms with Crippen molar-refractivity contribution in [3.05, 3.63) is 42.4 Å². The summed E-state index contributed by atoms with van der Waals surface area (Å²) in [5, 5.41) is 8.74. The van der Waals surface area contributed by atoms with Gasteiger partial charge in [0, 0.05) is 25.4 Å². The molecule has 0 aliphatic heterocycles. The Balaban J connectivity index is 2.09. The molecule has 1 amide bonds. The van der Waals surface area contributed by atoms with E-state index in [4.69, 9.17) is 5.11 Å². The maximum atomic E-state index is 12.2. The third-order valence-electron chi connectivity index (χ3n) is 3.24. The van der Waals surface area contributed by atoms with Crippen LogP contribution in [0.4, 0.5) is 0 Å².